The molecule has 5 aromatic rings. The summed E-state index contributed by atoms with van der Waals surface area (Å²) in [4.78, 5) is 34.4. The van der Waals surface area contributed by atoms with E-state index in [1.807, 2.05) is 6.07 Å². The largest absolute Gasteiger partial charge is 0.495 e. The van der Waals surface area contributed by atoms with Crippen LogP contribution >= 0.6 is 22.9 Å². The Hall–Kier alpha value is -4.20. The van der Waals surface area contributed by atoms with Crippen molar-refractivity contribution in [2.75, 3.05) is 18.6 Å². The van der Waals surface area contributed by atoms with Crippen LogP contribution in [0.2, 0.25) is 5.02 Å². The van der Waals surface area contributed by atoms with Gasteiger partial charge in [-0.3, -0.25) is 9.88 Å². The Balaban J connectivity index is 1.41. The normalized spacial score (nSPS) is 12.0. The highest BCUT2D eigenvalue weighted by Crippen LogP contribution is 2.37. The Morgan fingerprint density at radius 2 is 1.92 bits per heavy atom. The second kappa shape index (κ2) is 10.9. The molecule has 4 heterocycles. The first-order chi connectivity index (χ1) is 18.8. The van der Waals surface area contributed by atoms with Crippen molar-refractivity contribution in [3.05, 3.63) is 59.5 Å². The summed E-state index contributed by atoms with van der Waals surface area (Å²) in [6.45, 7) is 0.999. The Labute approximate surface area is 229 Å². The fourth-order valence-electron chi connectivity index (χ4n) is 3.89. The highest BCUT2D eigenvalue weighted by atomic mass is 35.5. The van der Waals surface area contributed by atoms with Gasteiger partial charge in [0.05, 0.1) is 42.9 Å². The van der Waals surface area contributed by atoms with Crippen LogP contribution in [-0.4, -0.2) is 61.0 Å². The number of methoxy groups -OCH3 is 1. The molecule has 0 aliphatic heterocycles. The maximum absolute atomic E-state index is 14.9. The molecular formula is C25H20ClFN6O5S. The first kappa shape index (κ1) is 26.4. The molecule has 5 rings (SSSR count). The number of hydrogen-bond acceptors (Lipinski definition) is 10. The van der Waals surface area contributed by atoms with Gasteiger partial charge in [-0.05, 0) is 25.1 Å². The molecule has 1 aromatic carbocycles. The number of carbonyl (C=O) groups is 1. The zero-order valence-electron chi connectivity index (χ0n) is 20.5. The summed E-state index contributed by atoms with van der Waals surface area (Å²) in [5.74, 6) is -0.308. The fourth-order valence-corrected chi connectivity index (χ4v) is 5.05. The summed E-state index contributed by atoms with van der Waals surface area (Å²) in [6, 6.07) is 5.77. The van der Waals surface area contributed by atoms with Gasteiger partial charge in [-0.2, -0.15) is 4.98 Å². The van der Waals surface area contributed by atoms with Gasteiger partial charge in [-0.1, -0.05) is 22.9 Å². The third-order valence-electron chi connectivity index (χ3n) is 5.71. The molecule has 200 valence electrons. The lowest BCUT2D eigenvalue weighted by Crippen LogP contribution is -2.41. The van der Waals surface area contributed by atoms with Gasteiger partial charge in [0.25, 0.3) is 5.88 Å². The molecule has 14 heteroatoms. The van der Waals surface area contributed by atoms with E-state index in [2.05, 4.69) is 24.9 Å². The van der Waals surface area contributed by atoms with Crippen molar-refractivity contribution in [3.63, 3.8) is 0 Å². The molecule has 2 N–H and O–H groups in total. The van der Waals surface area contributed by atoms with E-state index >= 15 is 0 Å². The van der Waals surface area contributed by atoms with Crippen LogP contribution in [0.5, 0.6) is 11.6 Å². The predicted molar refractivity (Wildman–Crippen MR) is 143 cm³/mol. The molecule has 39 heavy (non-hydrogen) atoms. The van der Waals surface area contributed by atoms with Crippen LogP contribution in [0.4, 0.5) is 14.9 Å². The number of anilines is 1. The van der Waals surface area contributed by atoms with Crippen LogP contribution in [0.3, 0.4) is 0 Å². The lowest BCUT2D eigenvalue weighted by atomic mass is 10.1. The Kier molecular flexibility index (Phi) is 7.37. The van der Waals surface area contributed by atoms with Gasteiger partial charge in [-0.15, -0.1) is 0 Å². The number of rotatable bonds is 8. The van der Waals surface area contributed by atoms with Crippen LogP contribution in [0, 0.1) is 5.82 Å². The smallest absolute Gasteiger partial charge is 0.412 e. The second-order valence-electron chi connectivity index (χ2n) is 8.35. The van der Waals surface area contributed by atoms with E-state index in [0.29, 0.717) is 37.2 Å². The number of aliphatic hydroxyl groups excluding tert-OH is 1. The molecule has 0 fully saturated rings. The monoisotopic (exact) mass is 570 g/mol. The molecular weight excluding hydrogens is 551 g/mol. The molecule has 0 bridgehead atoms. The molecule has 1 amide bonds. The number of aromatic nitrogens is 5. The van der Waals surface area contributed by atoms with Gasteiger partial charge in [-0.25, -0.2) is 24.1 Å². The van der Waals surface area contributed by atoms with E-state index in [-0.39, 0.29) is 30.6 Å². The Morgan fingerprint density at radius 1 is 1.15 bits per heavy atom. The molecule has 0 saturated carbocycles. The van der Waals surface area contributed by atoms with E-state index in [9.17, 15) is 14.3 Å². The van der Waals surface area contributed by atoms with Crippen molar-refractivity contribution >= 4 is 56.0 Å². The Morgan fingerprint density at radius 3 is 2.62 bits per heavy atom. The third-order valence-corrected chi connectivity index (χ3v) is 6.93. The average molecular weight is 571 g/mol. The maximum Gasteiger partial charge on any atom is 0.412 e. The quantitative estimate of drug-likeness (QED) is 0.263. The van der Waals surface area contributed by atoms with Crippen LogP contribution in [0.15, 0.2) is 42.9 Å². The van der Waals surface area contributed by atoms with Gasteiger partial charge in [0.15, 0.2) is 11.6 Å². The van der Waals surface area contributed by atoms with Crippen molar-refractivity contribution in [3.8, 4) is 22.2 Å². The number of pyridine rings is 2. The summed E-state index contributed by atoms with van der Waals surface area (Å²) in [7, 11) is 1.55. The minimum atomic E-state index is -1.28. The molecule has 1 atom stereocenters. The van der Waals surface area contributed by atoms with E-state index in [0.717, 1.165) is 10.3 Å². The van der Waals surface area contributed by atoms with Gasteiger partial charge >= 0.3 is 6.09 Å². The minimum absolute atomic E-state index is 0.151. The molecule has 0 unspecified atom stereocenters. The number of benzene rings is 1. The van der Waals surface area contributed by atoms with E-state index < -0.39 is 18.0 Å². The van der Waals surface area contributed by atoms with Crippen molar-refractivity contribution in [1.29, 1.82) is 0 Å². The van der Waals surface area contributed by atoms with Crippen molar-refractivity contribution in [1.82, 2.24) is 24.9 Å². The predicted octanol–water partition coefficient (Wildman–Crippen LogP) is 4.94. The fraction of sp³-hybridized carbons (Fsp3) is 0.200. The molecule has 0 aliphatic carbocycles. The van der Waals surface area contributed by atoms with Crippen LogP contribution in [-0.2, 0) is 6.61 Å². The summed E-state index contributed by atoms with van der Waals surface area (Å²) < 4.78 is 25.7. The van der Waals surface area contributed by atoms with Crippen molar-refractivity contribution in [2.24, 2.45) is 0 Å². The summed E-state index contributed by atoms with van der Waals surface area (Å²) in [5.41, 5.74) is 1.80. The minimum Gasteiger partial charge on any atom is -0.495 e. The standard InChI is InChI=1S/C25H20ClFN6O5S/c1-12(33(25(35)36)15-7-28-20(10-34)29-8-15)11-38-22-18(27)6-19-24(32-22)39-23(31-19)17-5-14(26)3-13-4-16(37-2)9-30-21(13)17/h3-9,12,34H,10-11H2,1-2H3,(H,35,36)/t12-/m1/s1. The number of nitrogens with zero attached hydrogens (tertiary/aromatic N) is 6. The lowest BCUT2D eigenvalue weighted by molar-refractivity contribution is 0.193. The average Bonchev–Trinajstić information content (AvgIpc) is 3.33. The first-order valence-electron chi connectivity index (χ1n) is 11.4. The number of halogens is 2. The van der Waals surface area contributed by atoms with Crippen molar-refractivity contribution in [2.45, 2.75) is 19.6 Å². The zero-order chi connectivity index (χ0) is 27.7. The summed E-state index contributed by atoms with van der Waals surface area (Å²) in [6.07, 6.45) is 2.86. The van der Waals surface area contributed by atoms with Crippen LogP contribution < -0.4 is 14.4 Å². The highest BCUT2D eigenvalue weighted by molar-refractivity contribution is 7.21. The SMILES string of the molecule is COc1cnc2c(-c3nc4cc(F)c(OC[C@@H](C)N(C(=O)O)c5cnc(CO)nc5)nc4s3)cc(Cl)cc2c1. The molecule has 0 radical (unpaired) electrons. The van der Waals surface area contributed by atoms with E-state index in [4.69, 9.17) is 26.2 Å². The number of aliphatic hydroxyl groups is 1. The topological polar surface area (TPSA) is 144 Å². The molecule has 0 saturated heterocycles. The first-order valence-corrected chi connectivity index (χ1v) is 12.6. The number of thiazole rings is 1. The van der Waals surface area contributed by atoms with Crippen LogP contribution in [0.25, 0.3) is 31.8 Å². The van der Waals surface area contributed by atoms with Crippen LogP contribution in [0.1, 0.15) is 12.7 Å². The van der Waals surface area contributed by atoms with Gasteiger partial charge < -0.3 is 19.7 Å². The number of amides is 1. The molecule has 11 nitrogen and oxygen atoms in total. The number of ether oxygens (including phenoxy) is 2. The molecule has 0 spiro atoms. The zero-order valence-corrected chi connectivity index (χ0v) is 22.1. The Bertz CT molecular complexity index is 1690. The highest BCUT2D eigenvalue weighted by Gasteiger charge is 2.24. The molecule has 4 aromatic heterocycles. The van der Waals surface area contributed by atoms with Gasteiger partial charge in [0.2, 0.25) is 0 Å². The third kappa shape index (κ3) is 5.37. The molecule has 0 aliphatic rings. The summed E-state index contributed by atoms with van der Waals surface area (Å²) in [5, 5.41) is 20.6. The van der Waals surface area contributed by atoms with Gasteiger partial charge in [0.1, 0.15) is 34.3 Å². The summed E-state index contributed by atoms with van der Waals surface area (Å²) >= 11 is 7.56. The van der Waals surface area contributed by atoms with E-state index in [1.165, 1.54) is 29.8 Å². The number of hydrogen-bond donors (Lipinski definition) is 2. The second-order valence-corrected chi connectivity index (χ2v) is 9.76. The lowest BCUT2D eigenvalue weighted by Gasteiger charge is -2.25. The number of carboxylic acid groups (broad SMARTS) is 1. The van der Waals surface area contributed by atoms with Gasteiger partial charge in [0, 0.05) is 22.0 Å². The maximum atomic E-state index is 14.9. The van der Waals surface area contributed by atoms with Crippen molar-refractivity contribution < 1.29 is 28.9 Å². The number of fused-ring (bicyclic) bond motifs is 2. The van der Waals surface area contributed by atoms with E-state index in [1.54, 1.807) is 32.4 Å².